The van der Waals surface area contributed by atoms with E-state index in [4.69, 9.17) is 9.47 Å². The smallest absolute Gasteiger partial charge is 0.341 e. The number of pyridine rings is 1. The highest BCUT2D eigenvalue weighted by Gasteiger charge is 2.22. The van der Waals surface area contributed by atoms with Gasteiger partial charge in [-0.15, -0.1) is 0 Å². The number of hydrogen-bond acceptors (Lipinski definition) is 5. The van der Waals surface area contributed by atoms with Crippen molar-refractivity contribution in [3.8, 4) is 0 Å². The number of aromatic nitrogens is 1. The van der Waals surface area contributed by atoms with Crippen LogP contribution in [0.25, 0.3) is 10.9 Å². The molecule has 0 aliphatic carbocycles. The highest BCUT2D eigenvalue weighted by Crippen LogP contribution is 2.30. The molecule has 0 radical (unpaired) electrons. The van der Waals surface area contributed by atoms with Crippen molar-refractivity contribution in [1.82, 2.24) is 4.98 Å². The normalized spacial score (nSPS) is 17.6. The SMILES string of the molecule is CCOC(=O)c1cnc2ccc(Br)cc2c1NC1CCOC1. The second-order valence-corrected chi connectivity index (χ2v) is 6.05. The minimum Gasteiger partial charge on any atom is -0.462 e. The Balaban J connectivity index is 2.09. The van der Waals surface area contributed by atoms with Crippen molar-refractivity contribution in [2.75, 3.05) is 25.1 Å². The molecule has 1 unspecified atom stereocenters. The second kappa shape index (κ2) is 6.62. The molecule has 1 aromatic carbocycles. The average molecular weight is 365 g/mol. The van der Waals surface area contributed by atoms with E-state index < -0.39 is 0 Å². The lowest BCUT2D eigenvalue weighted by atomic mass is 10.1. The van der Waals surface area contributed by atoms with E-state index in [0.29, 0.717) is 18.8 Å². The molecule has 5 nitrogen and oxygen atoms in total. The first-order valence-electron chi connectivity index (χ1n) is 7.28. The summed E-state index contributed by atoms with van der Waals surface area (Å²) in [6.45, 7) is 3.50. The third kappa shape index (κ3) is 3.08. The van der Waals surface area contributed by atoms with Crippen LogP contribution in [0.3, 0.4) is 0 Å². The molecule has 2 aromatic rings. The molecule has 1 aliphatic rings. The van der Waals surface area contributed by atoms with Crippen molar-refractivity contribution in [3.63, 3.8) is 0 Å². The van der Waals surface area contributed by atoms with Crippen molar-refractivity contribution < 1.29 is 14.3 Å². The number of anilines is 1. The van der Waals surface area contributed by atoms with Crippen LogP contribution >= 0.6 is 15.9 Å². The predicted octanol–water partition coefficient (Wildman–Crippen LogP) is 3.37. The Morgan fingerprint density at radius 3 is 3.14 bits per heavy atom. The maximum Gasteiger partial charge on any atom is 0.341 e. The summed E-state index contributed by atoms with van der Waals surface area (Å²) in [5.41, 5.74) is 2.05. The molecule has 1 aromatic heterocycles. The minimum absolute atomic E-state index is 0.192. The fraction of sp³-hybridized carbons (Fsp3) is 0.375. The van der Waals surface area contributed by atoms with Crippen LogP contribution in [-0.4, -0.2) is 36.8 Å². The van der Waals surface area contributed by atoms with Crippen LogP contribution in [0.15, 0.2) is 28.9 Å². The number of hydrogen-bond donors (Lipinski definition) is 1. The molecule has 1 aliphatic heterocycles. The van der Waals surface area contributed by atoms with Gasteiger partial charge in [-0.2, -0.15) is 0 Å². The molecule has 3 rings (SSSR count). The van der Waals surface area contributed by atoms with Crippen molar-refractivity contribution in [3.05, 3.63) is 34.4 Å². The number of ether oxygens (including phenoxy) is 2. The van der Waals surface area contributed by atoms with Gasteiger partial charge in [-0.3, -0.25) is 4.98 Å². The number of nitrogens with one attached hydrogen (secondary N) is 1. The average Bonchev–Trinajstić information content (AvgIpc) is 3.01. The molecule has 22 heavy (non-hydrogen) atoms. The van der Waals surface area contributed by atoms with Crippen LogP contribution in [0.2, 0.25) is 0 Å². The van der Waals surface area contributed by atoms with Gasteiger partial charge in [-0.1, -0.05) is 15.9 Å². The van der Waals surface area contributed by atoms with Crippen molar-refractivity contribution in [2.45, 2.75) is 19.4 Å². The topological polar surface area (TPSA) is 60.5 Å². The van der Waals surface area contributed by atoms with Gasteiger partial charge in [0.15, 0.2) is 0 Å². The van der Waals surface area contributed by atoms with Crippen molar-refractivity contribution in [2.24, 2.45) is 0 Å². The molecule has 0 bridgehead atoms. The number of carbonyl (C=O) groups excluding carboxylic acids is 1. The summed E-state index contributed by atoms with van der Waals surface area (Å²) in [6.07, 6.45) is 2.49. The molecule has 0 saturated carbocycles. The Morgan fingerprint density at radius 2 is 2.41 bits per heavy atom. The molecule has 116 valence electrons. The number of nitrogens with zero attached hydrogens (tertiary/aromatic N) is 1. The molecular weight excluding hydrogens is 348 g/mol. The summed E-state index contributed by atoms with van der Waals surface area (Å²) >= 11 is 3.48. The number of benzene rings is 1. The van der Waals surface area contributed by atoms with Gasteiger partial charge < -0.3 is 14.8 Å². The third-order valence-corrected chi connectivity index (χ3v) is 4.10. The molecule has 2 heterocycles. The zero-order valence-corrected chi connectivity index (χ0v) is 13.9. The maximum atomic E-state index is 12.2. The van der Waals surface area contributed by atoms with E-state index in [2.05, 4.69) is 26.2 Å². The number of carbonyl (C=O) groups is 1. The van der Waals surface area contributed by atoms with E-state index in [1.165, 1.54) is 0 Å². The van der Waals surface area contributed by atoms with Crippen molar-refractivity contribution >= 4 is 38.5 Å². The van der Waals surface area contributed by atoms with Crippen LogP contribution in [0, 0.1) is 0 Å². The summed E-state index contributed by atoms with van der Waals surface area (Å²) in [5.74, 6) is -0.363. The standard InChI is InChI=1S/C16H17BrN2O3/c1-2-22-16(20)13-8-18-14-4-3-10(17)7-12(14)15(13)19-11-5-6-21-9-11/h3-4,7-8,11H,2,5-6,9H2,1H3,(H,18,19). The van der Waals surface area contributed by atoms with Crippen LogP contribution in [0.1, 0.15) is 23.7 Å². The number of fused-ring (bicyclic) bond motifs is 1. The summed E-state index contributed by atoms with van der Waals surface area (Å²) < 4.78 is 11.5. The summed E-state index contributed by atoms with van der Waals surface area (Å²) in [7, 11) is 0. The first-order chi connectivity index (χ1) is 10.7. The van der Waals surface area contributed by atoms with E-state index in [9.17, 15) is 4.79 Å². The van der Waals surface area contributed by atoms with Crippen LogP contribution in [0.4, 0.5) is 5.69 Å². The lowest BCUT2D eigenvalue weighted by molar-refractivity contribution is 0.0527. The zero-order chi connectivity index (χ0) is 15.5. The van der Waals surface area contributed by atoms with E-state index in [1.54, 1.807) is 13.1 Å². The van der Waals surface area contributed by atoms with Crippen molar-refractivity contribution in [1.29, 1.82) is 0 Å². The number of halogens is 1. The molecular formula is C16H17BrN2O3. The van der Waals surface area contributed by atoms with E-state index >= 15 is 0 Å². The molecule has 1 N–H and O–H groups in total. The van der Waals surface area contributed by atoms with E-state index in [-0.39, 0.29) is 12.0 Å². The van der Waals surface area contributed by atoms with Gasteiger partial charge in [0, 0.05) is 22.7 Å². The second-order valence-electron chi connectivity index (χ2n) is 5.13. The molecule has 1 saturated heterocycles. The predicted molar refractivity (Wildman–Crippen MR) is 88.2 cm³/mol. The third-order valence-electron chi connectivity index (χ3n) is 3.60. The summed E-state index contributed by atoms with van der Waals surface area (Å²) in [6, 6.07) is 6.01. The van der Waals surface area contributed by atoms with Gasteiger partial charge in [0.25, 0.3) is 0 Å². The first-order valence-corrected chi connectivity index (χ1v) is 8.08. The van der Waals surface area contributed by atoms with Crippen LogP contribution in [-0.2, 0) is 9.47 Å². The summed E-state index contributed by atoms with van der Waals surface area (Å²) in [5, 5.41) is 4.33. The Kier molecular flexibility index (Phi) is 4.59. The van der Waals surface area contributed by atoms with E-state index in [0.717, 1.165) is 34.1 Å². The van der Waals surface area contributed by atoms with Gasteiger partial charge in [-0.25, -0.2) is 4.79 Å². The maximum absolute atomic E-state index is 12.2. The fourth-order valence-corrected chi connectivity index (χ4v) is 2.90. The Morgan fingerprint density at radius 1 is 1.55 bits per heavy atom. The van der Waals surface area contributed by atoms with Crippen LogP contribution in [0.5, 0.6) is 0 Å². The molecule has 0 spiro atoms. The molecule has 1 atom stereocenters. The quantitative estimate of drug-likeness (QED) is 0.842. The Bertz CT molecular complexity index is 699. The first kappa shape index (κ1) is 15.2. The molecule has 6 heteroatoms. The Hall–Kier alpha value is -1.66. The number of rotatable bonds is 4. The Labute approximate surface area is 137 Å². The van der Waals surface area contributed by atoms with Gasteiger partial charge in [-0.05, 0) is 31.5 Å². The monoisotopic (exact) mass is 364 g/mol. The van der Waals surface area contributed by atoms with Gasteiger partial charge in [0.2, 0.25) is 0 Å². The number of esters is 1. The van der Waals surface area contributed by atoms with E-state index in [1.807, 2.05) is 18.2 Å². The zero-order valence-electron chi connectivity index (χ0n) is 12.3. The fourth-order valence-electron chi connectivity index (χ4n) is 2.54. The van der Waals surface area contributed by atoms with Gasteiger partial charge in [0.05, 0.1) is 30.5 Å². The molecule has 1 fully saturated rings. The molecule has 0 amide bonds. The lowest BCUT2D eigenvalue weighted by Crippen LogP contribution is -2.21. The van der Waals surface area contributed by atoms with Gasteiger partial charge in [0.1, 0.15) is 5.56 Å². The van der Waals surface area contributed by atoms with Crippen LogP contribution < -0.4 is 5.32 Å². The lowest BCUT2D eigenvalue weighted by Gasteiger charge is -2.17. The minimum atomic E-state index is -0.363. The largest absolute Gasteiger partial charge is 0.462 e. The summed E-state index contributed by atoms with van der Waals surface area (Å²) in [4.78, 5) is 16.6. The van der Waals surface area contributed by atoms with Gasteiger partial charge >= 0.3 is 5.97 Å². The highest BCUT2D eigenvalue weighted by molar-refractivity contribution is 9.10. The highest BCUT2D eigenvalue weighted by atomic mass is 79.9.